The molecule has 0 aromatic heterocycles. The van der Waals surface area contributed by atoms with E-state index in [-0.39, 0.29) is 12.5 Å². The number of unbranched alkanes of at least 4 members (excludes halogenated alkanes) is 32. The molecule has 0 unspecified atom stereocenters. The van der Waals surface area contributed by atoms with Gasteiger partial charge in [0.05, 0.1) is 25.4 Å². The molecule has 1 heterocycles. The molecule has 1 aliphatic heterocycles. The Hall–Kier alpha value is -0.810. The molecule has 1 fully saturated rings. The summed E-state index contributed by atoms with van der Waals surface area (Å²) in [5, 5.41) is 54.4. The van der Waals surface area contributed by atoms with Crippen molar-refractivity contribution in [3.63, 3.8) is 0 Å². The molecular formula is C48H95NO8. The quantitative estimate of drug-likeness (QED) is 0.0334. The lowest BCUT2D eigenvalue weighted by Gasteiger charge is -2.40. The van der Waals surface area contributed by atoms with Crippen molar-refractivity contribution in [2.45, 2.75) is 288 Å². The van der Waals surface area contributed by atoms with Crippen LogP contribution in [0.2, 0.25) is 0 Å². The maximum atomic E-state index is 13.0. The smallest absolute Gasteiger partial charge is 0.220 e. The number of nitrogens with one attached hydrogen (secondary N) is 1. The minimum absolute atomic E-state index is 0.132. The zero-order chi connectivity index (χ0) is 41.6. The van der Waals surface area contributed by atoms with E-state index in [0.717, 1.165) is 38.5 Å². The molecule has 1 aliphatic rings. The van der Waals surface area contributed by atoms with E-state index < -0.39 is 49.5 Å². The first-order chi connectivity index (χ1) is 27.8. The third-order valence-electron chi connectivity index (χ3n) is 12.2. The Labute approximate surface area is 351 Å². The van der Waals surface area contributed by atoms with E-state index in [0.29, 0.717) is 12.8 Å². The van der Waals surface area contributed by atoms with E-state index in [4.69, 9.17) is 9.47 Å². The van der Waals surface area contributed by atoms with Gasteiger partial charge in [-0.3, -0.25) is 4.79 Å². The molecule has 9 heteroatoms. The van der Waals surface area contributed by atoms with E-state index in [1.165, 1.54) is 180 Å². The van der Waals surface area contributed by atoms with Crippen LogP contribution in [0, 0.1) is 0 Å². The lowest BCUT2D eigenvalue weighted by Crippen LogP contribution is -2.60. The summed E-state index contributed by atoms with van der Waals surface area (Å²) in [7, 11) is 0. The van der Waals surface area contributed by atoms with Crippen molar-refractivity contribution in [2.24, 2.45) is 0 Å². The predicted octanol–water partition coefficient (Wildman–Crippen LogP) is 10.7. The van der Waals surface area contributed by atoms with Crippen LogP contribution in [0.15, 0.2) is 0 Å². The SMILES string of the molecule is CCCCCCCCCCCCCCCCCCCCCCCC(=O)N[C@@H](CO[C@H]1O[C@@H](CO)[C@H](O)[C@@H](O)[C@@H]1O)[C@@H](O)CCCCCCCCCCCCCCC. The van der Waals surface area contributed by atoms with Gasteiger partial charge in [-0.1, -0.05) is 226 Å². The highest BCUT2D eigenvalue weighted by Crippen LogP contribution is 2.23. The van der Waals surface area contributed by atoms with E-state index >= 15 is 0 Å². The van der Waals surface area contributed by atoms with Crippen LogP contribution in [0.4, 0.5) is 0 Å². The molecule has 9 nitrogen and oxygen atoms in total. The fraction of sp³-hybridized carbons (Fsp3) is 0.979. The van der Waals surface area contributed by atoms with Gasteiger partial charge >= 0.3 is 0 Å². The van der Waals surface area contributed by atoms with Crippen LogP contribution in [-0.4, -0.2) is 87.5 Å². The Bertz CT molecular complexity index is 862. The molecule has 57 heavy (non-hydrogen) atoms. The van der Waals surface area contributed by atoms with Crippen molar-refractivity contribution in [1.82, 2.24) is 5.32 Å². The van der Waals surface area contributed by atoms with E-state index in [1.54, 1.807) is 0 Å². The van der Waals surface area contributed by atoms with E-state index in [9.17, 15) is 30.3 Å². The highest BCUT2D eigenvalue weighted by molar-refractivity contribution is 5.76. The number of carbonyl (C=O) groups excluding carboxylic acids is 1. The minimum Gasteiger partial charge on any atom is -0.394 e. The molecule has 7 atom stereocenters. The molecule has 0 aromatic rings. The number of hydrogen-bond donors (Lipinski definition) is 6. The van der Waals surface area contributed by atoms with Crippen LogP contribution in [0.1, 0.15) is 245 Å². The Balaban J connectivity index is 2.24. The lowest BCUT2D eigenvalue weighted by molar-refractivity contribution is -0.302. The predicted molar refractivity (Wildman–Crippen MR) is 235 cm³/mol. The van der Waals surface area contributed by atoms with Crippen molar-refractivity contribution >= 4 is 5.91 Å². The molecule has 0 saturated carbocycles. The monoisotopic (exact) mass is 814 g/mol. The van der Waals surface area contributed by atoms with Gasteiger partial charge in [0.15, 0.2) is 6.29 Å². The van der Waals surface area contributed by atoms with Crippen LogP contribution in [0.5, 0.6) is 0 Å². The molecular weight excluding hydrogens is 719 g/mol. The molecule has 0 aromatic carbocycles. The topological polar surface area (TPSA) is 149 Å². The Morgan fingerprint density at radius 2 is 0.877 bits per heavy atom. The van der Waals surface area contributed by atoms with Crippen LogP contribution in [0.3, 0.4) is 0 Å². The summed E-state index contributed by atoms with van der Waals surface area (Å²) < 4.78 is 11.3. The maximum Gasteiger partial charge on any atom is 0.220 e. The van der Waals surface area contributed by atoms with Gasteiger partial charge in [-0.25, -0.2) is 0 Å². The van der Waals surface area contributed by atoms with Crippen molar-refractivity contribution in [2.75, 3.05) is 13.2 Å². The number of carbonyl (C=O) groups is 1. The first kappa shape index (κ1) is 54.2. The Kier molecular flexibility index (Phi) is 37.4. The number of aliphatic hydroxyl groups excluding tert-OH is 5. The largest absolute Gasteiger partial charge is 0.394 e. The summed E-state index contributed by atoms with van der Waals surface area (Å²) in [5.74, 6) is -0.139. The fourth-order valence-electron chi connectivity index (χ4n) is 8.22. The van der Waals surface area contributed by atoms with Gasteiger partial charge in [-0.15, -0.1) is 0 Å². The lowest BCUT2D eigenvalue weighted by atomic mass is 9.99. The Morgan fingerprint density at radius 3 is 1.25 bits per heavy atom. The fourth-order valence-corrected chi connectivity index (χ4v) is 8.22. The van der Waals surface area contributed by atoms with Gasteiger partial charge in [0.1, 0.15) is 24.4 Å². The average Bonchev–Trinajstić information content (AvgIpc) is 3.21. The van der Waals surface area contributed by atoms with Crippen molar-refractivity contribution in [1.29, 1.82) is 0 Å². The van der Waals surface area contributed by atoms with Crippen molar-refractivity contribution in [3.05, 3.63) is 0 Å². The zero-order valence-electron chi connectivity index (χ0n) is 37.4. The minimum atomic E-state index is -1.55. The second-order valence-electron chi connectivity index (χ2n) is 17.6. The summed E-state index contributed by atoms with van der Waals surface area (Å²) in [6.45, 7) is 3.85. The van der Waals surface area contributed by atoms with Crippen LogP contribution < -0.4 is 5.32 Å². The second-order valence-corrected chi connectivity index (χ2v) is 17.6. The number of aliphatic hydroxyl groups is 5. The van der Waals surface area contributed by atoms with Crippen LogP contribution >= 0.6 is 0 Å². The molecule has 0 spiro atoms. The number of ether oxygens (including phenoxy) is 2. The van der Waals surface area contributed by atoms with E-state index in [1.807, 2.05) is 0 Å². The van der Waals surface area contributed by atoms with E-state index in [2.05, 4.69) is 19.2 Å². The highest BCUT2D eigenvalue weighted by Gasteiger charge is 2.44. The van der Waals surface area contributed by atoms with Crippen molar-refractivity contribution < 1.29 is 39.8 Å². The summed E-state index contributed by atoms with van der Waals surface area (Å²) in [6.07, 6.45) is 36.8. The normalized spacial score (nSPS) is 20.9. The molecule has 0 bridgehead atoms. The molecule has 1 saturated heterocycles. The molecule has 1 amide bonds. The first-order valence-electron chi connectivity index (χ1n) is 24.7. The molecule has 0 radical (unpaired) electrons. The highest BCUT2D eigenvalue weighted by atomic mass is 16.7. The van der Waals surface area contributed by atoms with Crippen LogP contribution in [-0.2, 0) is 14.3 Å². The second kappa shape index (κ2) is 39.3. The van der Waals surface area contributed by atoms with Gasteiger partial charge in [0.2, 0.25) is 5.91 Å². The van der Waals surface area contributed by atoms with Crippen LogP contribution in [0.25, 0.3) is 0 Å². The first-order valence-corrected chi connectivity index (χ1v) is 24.7. The third-order valence-corrected chi connectivity index (χ3v) is 12.2. The van der Waals surface area contributed by atoms with Gasteiger partial charge in [0, 0.05) is 6.42 Å². The van der Waals surface area contributed by atoms with Crippen molar-refractivity contribution in [3.8, 4) is 0 Å². The van der Waals surface area contributed by atoms with Gasteiger partial charge < -0.3 is 40.3 Å². The summed E-state index contributed by atoms with van der Waals surface area (Å²) in [6, 6.07) is -0.711. The molecule has 1 rings (SSSR count). The zero-order valence-corrected chi connectivity index (χ0v) is 37.4. The molecule has 6 N–H and O–H groups in total. The Morgan fingerprint density at radius 1 is 0.526 bits per heavy atom. The van der Waals surface area contributed by atoms with Gasteiger partial charge in [0.25, 0.3) is 0 Å². The number of amides is 1. The number of rotatable bonds is 42. The third kappa shape index (κ3) is 30.0. The molecule has 0 aliphatic carbocycles. The number of hydrogen-bond acceptors (Lipinski definition) is 8. The standard InChI is InChI=1S/C48H95NO8/c1-3-5-7-9-11-13-15-17-18-19-20-21-22-23-24-26-28-30-32-34-36-38-44(52)49-41(40-56-48-47(55)46(54)45(53)43(39-50)57-48)42(51)37-35-33-31-29-27-25-16-14-12-10-8-6-4-2/h41-43,45-48,50-51,53-55H,3-40H2,1-2H3,(H,49,52)/t41-,42-,43-,45-,46+,47-,48-/m0/s1. The summed E-state index contributed by atoms with van der Waals surface area (Å²) in [4.78, 5) is 13.0. The average molecular weight is 814 g/mol. The summed E-state index contributed by atoms with van der Waals surface area (Å²) >= 11 is 0. The summed E-state index contributed by atoms with van der Waals surface area (Å²) in [5.41, 5.74) is 0. The maximum absolute atomic E-state index is 13.0. The van der Waals surface area contributed by atoms with Gasteiger partial charge in [-0.05, 0) is 12.8 Å². The van der Waals surface area contributed by atoms with Gasteiger partial charge in [-0.2, -0.15) is 0 Å². The molecule has 340 valence electrons.